The van der Waals surface area contributed by atoms with Crippen LogP contribution in [0.5, 0.6) is 5.75 Å². The van der Waals surface area contributed by atoms with Crippen LogP contribution in [-0.4, -0.2) is 23.3 Å². The first-order valence-electron chi connectivity index (χ1n) is 6.21. The number of carbonyl (C=O) groups is 1. The Morgan fingerprint density at radius 3 is 2.95 bits per heavy atom. The molecule has 2 rings (SSSR count). The fourth-order valence-electron chi connectivity index (χ4n) is 1.49. The quantitative estimate of drug-likeness (QED) is 0.796. The molecule has 106 valence electrons. The van der Waals surface area contributed by atoms with Crippen LogP contribution in [0.1, 0.15) is 12.6 Å². The highest BCUT2D eigenvalue weighted by molar-refractivity contribution is 7.98. The Morgan fingerprint density at radius 2 is 2.20 bits per heavy atom. The summed E-state index contributed by atoms with van der Waals surface area (Å²) in [6.07, 6.45) is 0. The van der Waals surface area contributed by atoms with Gasteiger partial charge in [0.2, 0.25) is 5.91 Å². The van der Waals surface area contributed by atoms with Gasteiger partial charge in [-0.1, -0.05) is 18.2 Å². The van der Waals surface area contributed by atoms with E-state index in [2.05, 4.69) is 10.3 Å². The molecular formula is C14H16N2O2S2. The summed E-state index contributed by atoms with van der Waals surface area (Å²) in [5.74, 6) is 2.54. The molecule has 0 saturated carbocycles. The van der Waals surface area contributed by atoms with E-state index in [0.717, 1.165) is 22.9 Å². The van der Waals surface area contributed by atoms with E-state index in [9.17, 15) is 4.79 Å². The second-order valence-electron chi connectivity index (χ2n) is 4.04. The minimum absolute atomic E-state index is 0.0881. The molecule has 4 nitrogen and oxygen atoms in total. The molecule has 1 amide bonds. The van der Waals surface area contributed by atoms with Gasteiger partial charge in [0.15, 0.2) is 5.13 Å². The number of nitrogens with one attached hydrogen (secondary N) is 1. The lowest BCUT2D eigenvalue weighted by Crippen LogP contribution is -2.05. The number of nitrogens with zero attached hydrogens (tertiary/aromatic N) is 1. The number of carbonyl (C=O) groups excluding carboxylic acids is 1. The summed E-state index contributed by atoms with van der Waals surface area (Å²) in [7, 11) is 0. The fourth-order valence-corrected chi connectivity index (χ4v) is 3.06. The number of hydrogen-bond acceptors (Lipinski definition) is 5. The van der Waals surface area contributed by atoms with Gasteiger partial charge in [-0.15, -0.1) is 11.3 Å². The molecule has 1 aromatic carbocycles. The number of hydrogen-bond donors (Lipinski definition) is 1. The molecule has 0 fully saturated rings. The number of amides is 1. The topological polar surface area (TPSA) is 51.2 Å². The van der Waals surface area contributed by atoms with Crippen molar-refractivity contribution < 1.29 is 9.53 Å². The van der Waals surface area contributed by atoms with E-state index in [1.54, 1.807) is 11.8 Å². The van der Waals surface area contributed by atoms with E-state index >= 15 is 0 Å². The average molecular weight is 308 g/mol. The van der Waals surface area contributed by atoms with Crippen LogP contribution in [0.15, 0.2) is 35.7 Å². The zero-order chi connectivity index (χ0) is 14.2. The summed E-state index contributed by atoms with van der Waals surface area (Å²) in [5.41, 5.74) is 0.989. The number of rotatable bonds is 7. The van der Waals surface area contributed by atoms with Crippen molar-refractivity contribution in [3.63, 3.8) is 0 Å². The maximum atomic E-state index is 10.9. The van der Waals surface area contributed by atoms with Crippen molar-refractivity contribution in [3.05, 3.63) is 41.4 Å². The van der Waals surface area contributed by atoms with Crippen LogP contribution in [0.25, 0.3) is 0 Å². The Labute approximate surface area is 126 Å². The molecule has 2 aromatic rings. The van der Waals surface area contributed by atoms with E-state index in [0.29, 0.717) is 11.7 Å². The fraction of sp³-hybridized carbons (Fsp3) is 0.286. The number of benzene rings is 1. The molecule has 0 radical (unpaired) electrons. The number of aromatic nitrogens is 1. The van der Waals surface area contributed by atoms with Gasteiger partial charge in [0.1, 0.15) is 5.75 Å². The van der Waals surface area contributed by atoms with Crippen molar-refractivity contribution in [1.29, 1.82) is 0 Å². The summed E-state index contributed by atoms with van der Waals surface area (Å²) >= 11 is 3.22. The van der Waals surface area contributed by atoms with Crippen molar-refractivity contribution in [2.75, 3.05) is 17.7 Å². The predicted molar refractivity (Wildman–Crippen MR) is 84.5 cm³/mol. The highest BCUT2D eigenvalue weighted by atomic mass is 32.2. The van der Waals surface area contributed by atoms with Gasteiger partial charge in [-0.3, -0.25) is 4.79 Å². The van der Waals surface area contributed by atoms with Gasteiger partial charge in [-0.25, -0.2) is 4.98 Å². The number of para-hydroxylation sites is 1. The molecule has 0 saturated heterocycles. The lowest BCUT2D eigenvalue weighted by atomic mass is 10.3. The van der Waals surface area contributed by atoms with Crippen LogP contribution in [0.2, 0.25) is 0 Å². The molecule has 1 N–H and O–H groups in total. The second-order valence-corrected chi connectivity index (χ2v) is 6.00. The minimum atomic E-state index is -0.0881. The molecule has 0 aliphatic rings. The van der Waals surface area contributed by atoms with Crippen LogP contribution in [0.3, 0.4) is 0 Å². The lowest BCUT2D eigenvalue weighted by molar-refractivity contribution is -0.114. The van der Waals surface area contributed by atoms with Crippen molar-refractivity contribution in [2.45, 2.75) is 12.7 Å². The third-order valence-corrected chi connectivity index (χ3v) is 4.09. The Morgan fingerprint density at radius 1 is 1.40 bits per heavy atom. The number of ether oxygens (including phenoxy) is 1. The van der Waals surface area contributed by atoms with E-state index in [-0.39, 0.29) is 5.91 Å². The van der Waals surface area contributed by atoms with E-state index in [1.165, 1.54) is 18.3 Å². The van der Waals surface area contributed by atoms with Crippen molar-refractivity contribution in [3.8, 4) is 5.75 Å². The Kier molecular flexibility index (Phi) is 5.88. The molecule has 0 spiro atoms. The van der Waals surface area contributed by atoms with Crippen LogP contribution in [0.4, 0.5) is 5.13 Å². The first kappa shape index (κ1) is 14.9. The normalized spacial score (nSPS) is 10.2. The summed E-state index contributed by atoms with van der Waals surface area (Å²) in [4.78, 5) is 15.2. The van der Waals surface area contributed by atoms with Gasteiger partial charge in [0.25, 0.3) is 0 Å². The molecule has 6 heteroatoms. The molecule has 1 aromatic heterocycles. The smallest absolute Gasteiger partial charge is 0.223 e. The average Bonchev–Trinajstić information content (AvgIpc) is 2.86. The van der Waals surface area contributed by atoms with Crippen LogP contribution >= 0.6 is 23.1 Å². The van der Waals surface area contributed by atoms with Gasteiger partial charge in [-0.2, -0.15) is 11.8 Å². The highest BCUT2D eigenvalue weighted by Gasteiger charge is 2.03. The minimum Gasteiger partial charge on any atom is -0.493 e. The zero-order valence-corrected chi connectivity index (χ0v) is 12.8. The van der Waals surface area contributed by atoms with Crippen LogP contribution < -0.4 is 10.1 Å². The monoisotopic (exact) mass is 308 g/mol. The largest absolute Gasteiger partial charge is 0.493 e. The molecule has 20 heavy (non-hydrogen) atoms. The van der Waals surface area contributed by atoms with E-state index < -0.39 is 0 Å². The van der Waals surface area contributed by atoms with E-state index in [1.807, 2.05) is 35.7 Å². The number of thioether (sulfide) groups is 1. The maximum Gasteiger partial charge on any atom is 0.223 e. The SMILES string of the molecule is CC(=O)Nc1nc(CSCCOc2ccccc2)cs1. The zero-order valence-electron chi connectivity index (χ0n) is 11.2. The first-order valence-corrected chi connectivity index (χ1v) is 8.25. The van der Waals surface area contributed by atoms with Gasteiger partial charge in [0.05, 0.1) is 12.3 Å². The molecule has 0 atom stereocenters. The molecule has 0 aliphatic heterocycles. The Bertz CT molecular complexity index is 543. The Balaban J connectivity index is 1.63. The second kappa shape index (κ2) is 7.91. The number of thiazole rings is 1. The molecular weight excluding hydrogens is 292 g/mol. The van der Waals surface area contributed by atoms with Gasteiger partial charge < -0.3 is 10.1 Å². The van der Waals surface area contributed by atoms with Crippen molar-refractivity contribution >= 4 is 34.1 Å². The molecule has 0 unspecified atom stereocenters. The van der Waals surface area contributed by atoms with Crippen molar-refractivity contribution in [2.24, 2.45) is 0 Å². The maximum absolute atomic E-state index is 10.9. The molecule has 0 bridgehead atoms. The van der Waals surface area contributed by atoms with E-state index in [4.69, 9.17) is 4.74 Å². The third-order valence-electron chi connectivity index (χ3n) is 2.32. The summed E-state index contributed by atoms with van der Waals surface area (Å²) in [6.45, 7) is 2.16. The van der Waals surface area contributed by atoms with Crippen LogP contribution in [0, 0.1) is 0 Å². The standard InChI is InChI=1S/C14H16N2O2S2/c1-11(17)15-14-16-12(10-20-14)9-19-8-7-18-13-5-3-2-4-6-13/h2-6,10H,7-9H2,1H3,(H,15,16,17). The molecule has 1 heterocycles. The van der Waals surface area contributed by atoms with Gasteiger partial charge in [-0.05, 0) is 12.1 Å². The number of anilines is 1. The Hall–Kier alpha value is -1.53. The summed E-state index contributed by atoms with van der Waals surface area (Å²) < 4.78 is 5.61. The summed E-state index contributed by atoms with van der Waals surface area (Å²) in [5, 5.41) is 5.31. The lowest BCUT2D eigenvalue weighted by Gasteiger charge is -2.04. The highest BCUT2D eigenvalue weighted by Crippen LogP contribution is 2.19. The molecule has 0 aliphatic carbocycles. The first-order chi connectivity index (χ1) is 9.74. The summed E-state index contributed by atoms with van der Waals surface area (Å²) in [6, 6.07) is 9.79. The predicted octanol–water partition coefficient (Wildman–Crippen LogP) is 3.41. The van der Waals surface area contributed by atoms with Gasteiger partial charge in [0, 0.05) is 23.8 Å². The van der Waals surface area contributed by atoms with Crippen LogP contribution in [-0.2, 0) is 10.5 Å². The van der Waals surface area contributed by atoms with Gasteiger partial charge >= 0.3 is 0 Å². The van der Waals surface area contributed by atoms with Crippen molar-refractivity contribution in [1.82, 2.24) is 4.98 Å². The third kappa shape index (κ3) is 5.22.